The third-order valence-corrected chi connectivity index (χ3v) is 9.04. The molecule has 2 saturated heterocycles. The molecule has 5 aromatic carbocycles. The maximum atomic E-state index is 15.4. The quantitative estimate of drug-likeness (QED) is 0.160. The first-order chi connectivity index (χ1) is 24.0. The Balaban J connectivity index is 1.26. The number of benzene rings is 5. The van der Waals surface area contributed by atoms with E-state index in [2.05, 4.69) is 0 Å². The van der Waals surface area contributed by atoms with E-state index in [-0.39, 0.29) is 19.8 Å². The zero-order valence-electron chi connectivity index (χ0n) is 27.2. The molecule has 2 heterocycles. The van der Waals surface area contributed by atoms with Gasteiger partial charge in [-0.1, -0.05) is 109 Å². The molecule has 6 atom stereocenters. The predicted octanol–water partition coefficient (Wildman–Crippen LogP) is 7.25. The van der Waals surface area contributed by atoms with Gasteiger partial charge in [-0.3, -0.25) is 0 Å². The Labute approximate surface area is 285 Å². The van der Waals surface area contributed by atoms with Crippen LogP contribution in [0.4, 0.5) is 4.39 Å². The maximum Gasteiger partial charge on any atom is 0.222 e. The summed E-state index contributed by atoms with van der Waals surface area (Å²) in [4.78, 5) is 0. The first kappa shape index (κ1) is 33.1. The van der Waals surface area contributed by atoms with Crippen molar-refractivity contribution in [1.82, 2.24) is 0 Å². The van der Waals surface area contributed by atoms with Crippen LogP contribution in [0.2, 0.25) is 0 Å². The Hall–Kier alpha value is -4.41. The fraction of sp³-hybridized carbons (Fsp3) is 0.268. The SMILES string of the molecule is COc1ccc(Cc2cc(C3(O)OC4COC(c5ccccc5)OC4C(OCc4ccccc4)C3OCc3ccccc3)ccc2F)cc1. The van der Waals surface area contributed by atoms with Crippen molar-refractivity contribution in [3.63, 3.8) is 0 Å². The van der Waals surface area contributed by atoms with E-state index in [1.54, 1.807) is 13.2 Å². The molecule has 1 N–H and O–H groups in total. The van der Waals surface area contributed by atoms with E-state index in [1.807, 2.05) is 115 Å². The fourth-order valence-electron chi connectivity index (χ4n) is 6.46. The molecule has 0 amide bonds. The smallest absolute Gasteiger partial charge is 0.222 e. The van der Waals surface area contributed by atoms with E-state index < -0.39 is 42.3 Å². The molecule has 6 unspecified atom stereocenters. The van der Waals surface area contributed by atoms with Gasteiger partial charge in [-0.15, -0.1) is 0 Å². The third-order valence-electron chi connectivity index (χ3n) is 9.04. The summed E-state index contributed by atoms with van der Waals surface area (Å²) in [6.07, 6.45) is -3.65. The van der Waals surface area contributed by atoms with E-state index in [4.69, 9.17) is 28.4 Å². The molecule has 8 heteroatoms. The molecule has 2 aliphatic rings. The van der Waals surface area contributed by atoms with Gasteiger partial charge in [-0.05, 0) is 46.5 Å². The van der Waals surface area contributed by atoms with Crippen LogP contribution in [0, 0.1) is 5.82 Å². The first-order valence-electron chi connectivity index (χ1n) is 16.5. The van der Waals surface area contributed by atoms with E-state index in [0.717, 1.165) is 22.3 Å². The number of aliphatic hydroxyl groups is 1. The number of hydrogen-bond acceptors (Lipinski definition) is 7. The van der Waals surface area contributed by atoms with Gasteiger partial charge in [0.15, 0.2) is 6.29 Å². The predicted molar refractivity (Wildman–Crippen MR) is 181 cm³/mol. The highest BCUT2D eigenvalue weighted by molar-refractivity contribution is 5.36. The highest BCUT2D eigenvalue weighted by atomic mass is 19.1. The number of hydrogen-bond donors (Lipinski definition) is 1. The van der Waals surface area contributed by atoms with Crippen LogP contribution in [0.15, 0.2) is 133 Å². The minimum atomic E-state index is -2.05. The summed E-state index contributed by atoms with van der Waals surface area (Å²) in [6.45, 7) is 0.531. The fourth-order valence-corrected chi connectivity index (χ4v) is 6.46. The lowest BCUT2D eigenvalue weighted by Crippen LogP contribution is -2.67. The third kappa shape index (κ3) is 7.45. The number of fused-ring (bicyclic) bond motifs is 1. The number of rotatable bonds is 11. The van der Waals surface area contributed by atoms with Crippen molar-refractivity contribution >= 4 is 0 Å². The van der Waals surface area contributed by atoms with Gasteiger partial charge in [-0.2, -0.15) is 0 Å². The van der Waals surface area contributed by atoms with Gasteiger partial charge in [0.2, 0.25) is 5.79 Å². The van der Waals surface area contributed by atoms with Gasteiger partial charge in [0.25, 0.3) is 0 Å². The number of ether oxygens (including phenoxy) is 6. The van der Waals surface area contributed by atoms with Crippen LogP contribution < -0.4 is 4.74 Å². The Morgan fingerprint density at radius 2 is 1.39 bits per heavy atom. The summed E-state index contributed by atoms with van der Waals surface area (Å²) in [6, 6.07) is 41.2. The van der Waals surface area contributed by atoms with Crippen molar-refractivity contribution in [2.45, 2.75) is 56.1 Å². The minimum absolute atomic E-state index is 0.128. The molecule has 7 rings (SSSR count). The van der Waals surface area contributed by atoms with E-state index in [9.17, 15) is 5.11 Å². The molecule has 252 valence electrons. The molecule has 7 nitrogen and oxygen atoms in total. The molecular formula is C41H39FO7. The maximum absolute atomic E-state index is 15.4. The monoisotopic (exact) mass is 662 g/mol. The van der Waals surface area contributed by atoms with Crippen LogP contribution in [0.1, 0.15) is 39.7 Å². The second-order valence-corrected chi connectivity index (χ2v) is 12.3. The number of methoxy groups -OCH3 is 1. The summed E-state index contributed by atoms with van der Waals surface area (Å²) in [5, 5.41) is 12.7. The first-order valence-corrected chi connectivity index (χ1v) is 16.5. The molecule has 0 saturated carbocycles. The second-order valence-electron chi connectivity index (χ2n) is 12.3. The van der Waals surface area contributed by atoms with Gasteiger partial charge < -0.3 is 33.5 Å². The van der Waals surface area contributed by atoms with E-state index >= 15 is 4.39 Å². The molecule has 0 bridgehead atoms. The lowest BCUT2D eigenvalue weighted by Gasteiger charge is -2.52. The highest BCUT2D eigenvalue weighted by Crippen LogP contribution is 2.45. The number of halogens is 1. The largest absolute Gasteiger partial charge is 0.497 e. The van der Waals surface area contributed by atoms with Gasteiger partial charge in [0, 0.05) is 17.5 Å². The van der Waals surface area contributed by atoms with Crippen LogP contribution in [-0.4, -0.2) is 43.2 Å². The van der Waals surface area contributed by atoms with Crippen molar-refractivity contribution in [3.8, 4) is 5.75 Å². The van der Waals surface area contributed by atoms with E-state index in [0.29, 0.717) is 23.3 Å². The summed E-state index contributed by atoms with van der Waals surface area (Å²) < 4.78 is 53.3. The van der Waals surface area contributed by atoms with Crippen molar-refractivity contribution in [2.75, 3.05) is 13.7 Å². The van der Waals surface area contributed by atoms with Gasteiger partial charge in [0.05, 0.1) is 26.9 Å². The van der Waals surface area contributed by atoms with Crippen molar-refractivity contribution in [1.29, 1.82) is 0 Å². The Bertz CT molecular complexity index is 1790. The Morgan fingerprint density at radius 3 is 2.04 bits per heavy atom. The summed E-state index contributed by atoms with van der Waals surface area (Å²) in [7, 11) is 1.60. The zero-order chi connectivity index (χ0) is 33.6. The zero-order valence-corrected chi connectivity index (χ0v) is 27.2. The molecule has 49 heavy (non-hydrogen) atoms. The van der Waals surface area contributed by atoms with E-state index in [1.165, 1.54) is 12.1 Å². The molecule has 0 radical (unpaired) electrons. The molecular weight excluding hydrogens is 623 g/mol. The average Bonchev–Trinajstić information content (AvgIpc) is 3.15. The van der Waals surface area contributed by atoms with Gasteiger partial charge in [-0.25, -0.2) is 4.39 Å². The topological polar surface area (TPSA) is 75.6 Å². The van der Waals surface area contributed by atoms with Crippen LogP contribution in [-0.2, 0) is 49.1 Å². The van der Waals surface area contributed by atoms with Crippen molar-refractivity contribution in [3.05, 3.63) is 173 Å². The standard InChI is InChI=1S/C41H39FO7/c1-44-34-20-17-28(18-21-34)23-32-24-33(19-22-35(32)42)41(43)39(46-26-30-13-7-3-8-14-30)38(45-25-29-11-5-2-6-12-29)37-36(49-41)27-47-40(48-37)31-15-9-4-10-16-31/h2-22,24,36-40,43H,23,25-27H2,1H3. The van der Waals surface area contributed by atoms with Gasteiger partial charge in [0.1, 0.15) is 36.0 Å². The molecule has 2 aliphatic heterocycles. The normalized spacial score (nSPS) is 25.0. The van der Waals surface area contributed by atoms with Crippen LogP contribution >= 0.6 is 0 Å². The summed E-state index contributed by atoms with van der Waals surface area (Å²) in [5.74, 6) is -1.74. The van der Waals surface area contributed by atoms with Crippen molar-refractivity contribution < 1.29 is 37.9 Å². The second kappa shape index (κ2) is 15.0. The minimum Gasteiger partial charge on any atom is -0.497 e. The Kier molecular flexibility index (Phi) is 10.1. The average molecular weight is 663 g/mol. The van der Waals surface area contributed by atoms with Crippen LogP contribution in [0.3, 0.4) is 0 Å². The van der Waals surface area contributed by atoms with Gasteiger partial charge >= 0.3 is 0 Å². The molecule has 0 aromatic heterocycles. The molecule has 2 fully saturated rings. The molecule has 0 aliphatic carbocycles. The lowest BCUT2D eigenvalue weighted by atomic mass is 9.86. The van der Waals surface area contributed by atoms with Crippen LogP contribution in [0.25, 0.3) is 0 Å². The molecule has 5 aromatic rings. The highest BCUT2D eigenvalue weighted by Gasteiger charge is 2.59. The van der Waals surface area contributed by atoms with Crippen molar-refractivity contribution in [2.24, 2.45) is 0 Å². The Morgan fingerprint density at radius 1 is 0.755 bits per heavy atom. The summed E-state index contributed by atoms with van der Waals surface area (Å²) >= 11 is 0. The summed E-state index contributed by atoms with van der Waals surface area (Å²) in [5.41, 5.74) is 4.33. The lowest BCUT2D eigenvalue weighted by molar-refractivity contribution is -0.409. The van der Waals surface area contributed by atoms with Crippen LogP contribution in [0.5, 0.6) is 5.75 Å². The molecule has 0 spiro atoms.